The van der Waals surface area contributed by atoms with Crippen LogP contribution >= 0.6 is 0 Å². The Kier molecular flexibility index (Phi) is 3.35. The number of hydrogen-bond donors (Lipinski definition) is 1. The number of aliphatic carboxylic acids is 1. The van der Waals surface area contributed by atoms with Crippen LogP contribution in [0.1, 0.15) is 20.3 Å². The SMILES string of the molecule is CCN(c1cncc2nnnn12)C(C)CC(=O)O. The first kappa shape index (κ1) is 12.2. The second-order valence-corrected chi connectivity index (χ2v) is 3.95. The van der Waals surface area contributed by atoms with Crippen LogP contribution < -0.4 is 4.90 Å². The van der Waals surface area contributed by atoms with Crippen LogP contribution in [-0.2, 0) is 4.79 Å². The molecule has 0 saturated carbocycles. The molecular weight excluding hydrogens is 236 g/mol. The summed E-state index contributed by atoms with van der Waals surface area (Å²) in [5, 5.41) is 20.1. The highest BCUT2D eigenvalue weighted by molar-refractivity contribution is 5.68. The quantitative estimate of drug-likeness (QED) is 0.810. The number of hydrogen-bond acceptors (Lipinski definition) is 6. The predicted octanol–water partition coefficient (Wildman–Crippen LogP) is 0.209. The monoisotopic (exact) mass is 250 g/mol. The maximum absolute atomic E-state index is 10.8. The van der Waals surface area contributed by atoms with Gasteiger partial charge >= 0.3 is 5.97 Å². The Morgan fingerprint density at radius 2 is 2.33 bits per heavy atom. The van der Waals surface area contributed by atoms with Crippen molar-refractivity contribution in [1.29, 1.82) is 0 Å². The summed E-state index contributed by atoms with van der Waals surface area (Å²) in [7, 11) is 0. The average Bonchev–Trinajstić information content (AvgIpc) is 2.77. The van der Waals surface area contributed by atoms with Gasteiger partial charge in [-0.3, -0.25) is 9.78 Å². The topological polar surface area (TPSA) is 96.5 Å². The summed E-state index contributed by atoms with van der Waals surface area (Å²) in [6, 6.07) is -0.163. The molecule has 2 aromatic rings. The molecule has 0 bridgehead atoms. The molecular formula is C10H14N6O2. The van der Waals surface area contributed by atoms with E-state index in [1.54, 1.807) is 16.9 Å². The highest BCUT2D eigenvalue weighted by Gasteiger charge is 2.19. The molecule has 8 nitrogen and oxygen atoms in total. The van der Waals surface area contributed by atoms with Crippen LogP contribution in [0, 0.1) is 0 Å². The molecule has 2 aromatic heterocycles. The smallest absolute Gasteiger partial charge is 0.305 e. The van der Waals surface area contributed by atoms with Crippen LogP contribution in [-0.4, -0.2) is 48.7 Å². The largest absolute Gasteiger partial charge is 0.481 e. The van der Waals surface area contributed by atoms with Crippen molar-refractivity contribution >= 4 is 17.4 Å². The van der Waals surface area contributed by atoms with E-state index in [0.29, 0.717) is 18.0 Å². The molecule has 18 heavy (non-hydrogen) atoms. The zero-order valence-electron chi connectivity index (χ0n) is 10.2. The van der Waals surface area contributed by atoms with Crippen LogP contribution in [0.25, 0.3) is 5.65 Å². The Labute approximate surface area is 103 Å². The van der Waals surface area contributed by atoms with Gasteiger partial charge in [-0.15, -0.1) is 5.10 Å². The van der Waals surface area contributed by atoms with Crippen molar-refractivity contribution in [3.8, 4) is 0 Å². The molecule has 0 saturated heterocycles. The van der Waals surface area contributed by atoms with E-state index in [0.717, 1.165) is 0 Å². The summed E-state index contributed by atoms with van der Waals surface area (Å²) in [6.45, 7) is 4.44. The Morgan fingerprint density at radius 3 is 3.00 bits per heavy atom. The fourth-order valence-corrected chi connectivity index (χ4v) is 1.92. The fourth-order valence-electron chi connectivity index (χ4n) is 1.92. The van der Waals surface area contributed by atoms with Gasteiger partial charge in [0.05, 0.1) is 18.8 Å². The Morgan fingerprint density at radius 1 is 1.56 bits per heavy atom. The molecule has 8 heteroatoms. The summed E-state index contributed by atoms with van der Waals surface area (Å²) in [5.74, 6) is -0.147. The van der Waals surface area contributed by atoms with E-state index in [9.17, 15) is 4.79 Å². The van der Waals surface area contributed by atoms with Crippen LogP contribution in [0.15, 0.2) is 12.4 Å². The van der Waals surface area contributed by atoms with Crippen molar-refractivity contribution in [2.45, 2.75) is 26.3 Å². The number of anilines is 1. The van der Waals surface area contributed by atoms with Gasteiger partial charge in [-0.05, 0) is 24.3 Å². The highest BCUT2D eigenvalue weighted by atomic mass is 16.4. The van der Waals surface area contributed by atoms with Gasteiger partial charge in [-0.25, -0.2) is 0 Å². The molecule has 0 aliphatic rings. The summed E-state index contributed by atoms with van der Waals surface area (Å²) < 4.78 is 1.55. The maximum atomic E-state index is 10.8. The average molecular weight is 250 g/mol. The number of carboxylic acids is 1. The standard InChI is InChI=1S/C10H14N6O2/c1-3-15(7(2)4-10(17)18)9-6-11-5-8-12-13-14-16(8)9/h5-7H,3-4H2,1-2H3,(H,17,18). The van der Waals surface area contributed by atoms with Crippen molar-refractivity contribution < 1.29 is 9.90 Å². The van der Waals surface area contributed by atoms with Crippen LogP contribution in [0.3, 0.4) is 0 Å². The van der Waals surface area contributed by atoms with Crippen LogP contribution in [0.5, 0.6) is 0 Å². The molecule has 1 N–H and O–H groups in total. The lowest BCUT2D eigenvalue weighted by Crippen LogP contribution is -2.36. The van der Waals surface area contributed by atoms with E-state index in [2.05, 4.69) is 20.5 Å². The van der Waals surface area contributed by atoms with E-state index in [1.807, 2.05) is 18.7 Å². The van der Waals surface area contributed by atoms with E-state index >= 15 is 0 Å². The maximum Gasteiger partial charge on any atom is 0.305 e. The van der Waals surface area contributed by atoms with Crippen molar-refractivity contribution in [2.75, 3.05) is 11.4 Å². The van der Waals surface area contributed by atoms with Gasteiger partial charge in [0.15, 0.2) is 11.5 Å². The number of aromatic nitrogens is 5. The van der Waals surface area contributed by atoms with Crippen LogP contribution in [0.4, 0.5) is 5.82 Å². The van der Waals surface area contributed by atoms with Gasteiger partial charge in [0.25, 0.3) is 0 Å². The lowest BCUT2D eigenvalue weighted by molar-refractivity contribution is -0.137. The molecule has 0 aliphatic carbocycles. The van der Waals surface area contributed by atoms with E-state index in [-0.39, 0.29) is 12.5 Å². The molecule has 2 rings (SSSR count). The molecule has 0 fully saturated rings. The number of carboxylic acid groups (broad SMARTS) is 1. The molecule has 96 valence electrons. The number of tetrazole rings is 1. The molecule has 0 amide bonds. The zero-order valence-corrected chi connectivity index (χ0v) is 10.2. The summed E-state index contributed by atoms with van der Waals surface area (Å²) >= 11 is 0. The van der Waals surface area contributed by atoms with E-state index in [1.165, 1.54) is 0 Å². The van der Waals surface area contributed by atoms with E-state index < -0.39 is 5.97 Å². The second kappa shape index (κ2) is 4.94. The van der Waals surface area contributed by atoms with Gasteiger partial charge in [0, 0.05) is 12.6 Å². The normalized spacial score (nSPS) is 12.6. The minimum absolute atomic E-state index is 0.0480. The van der Waals surface area contributed by atoms with Crippen molar-refractivity contribution in [2.24, 2.45) is 0 Å². The van der Waals surface area contributed by atoms with Crippen LogP contribution in [0.2, 0.25) is 0 Å². The first-order valence-corrected chi connectivity index (χ1v) is 5.64. The number of nitrogens with zero attached hydrogens (tertiary/aromatic N) is 6. The van der Waals surface area contributed by atoms with E-state index in [4.69, 9.17) is 5.11 Å². The van der Waals surface area contributed by atoms with Crippen molar-refractivity contribution in [1.82, 2.24) is 25.0 Å². The number of rotatable bonds is 5. The molecule has 1 atom stereocenters. The number of fused-ring (bicyclic) bond motifs is 1. The lowest BCUT2D eigenvalue weighted by atomic mass is 10.2. The summed E-state index contributed by atoms with van der Waals surface area (Å²) in [4.78, 5) is 16.8. The molecule has 0 aromatic carbocycles. The van der Waals surface area contributed by atoms with Gasteiger partial charge in [0.2, 0.25) is 0 Å². The summed E-state index contributed by atoms with van der Waals surface area (Å²) in [6.07, 6.45) is 3.23. The minimum Gasteiger partial charge on any atom is -0.481 e. The third kappa shape index (κ3) is 2.22. The zero-order chi connectivity index (χ0) is 13.1. The van der Waals surface area contributed by atoms with Gasteiger partial charge in [-0.2, -0.15) is 4.52 Å². The second-order valence-electron chi connectivity index (χ2n) is 3.95. The Hall–Kier alpha value is -2.25. The molecule has 2 heterocycles. The van der Waals surface area contributed by atoms with Gasteiger partial charge in [-0.1, -0.05) is 0 Å². The minimum atomic E-state index is -0.835. The Bertz CT molecular complexity index is 554. The predicted molar refractivity (Wildman–Crippen MR) is 63.3 cm³/mol. The van der Waals surface area contributed by atoms with Gasteiger partial charge < -0.3 is 10.0 Å². The summed E-state index contributed by atoms with van der Waals surface area (Å²) in [5.41, 5.74) is 0.536. The third-order valence-corrected chi connectivity index (χ3v) is 2.73. The fraction of sp³-hybridized carbons (Fsp3) is 0.500. The lowest BCUT2D eigenvalue weighted by Gasteiger charge is -2.28. The number of carbonyl (C=O) groups is 1. The third-order valence-electron chi connectivity index (χ3n) is 2.73. The Balaban J connectivity index is 2.37. The van der Waals surface area contributed by atoms with Gasteiger partial charge in [0.1, 0.15) is 0 Å². The molecule has 0 radical (unpaired) electrons. The van der Waals surface area contributed by atoms with Crippen molar-refractivity contribution in [3.63, 3.8) is 0 Å². The molecule has 0 aliphatic heterocycles. The van der Waals surface area contributed by atoms with Crippen molar-refractivity contribution in [3.05, 3.63) is 12.4 Å². The molecule has 1 unspecified atom stereocenters. The molecule has 0 spiro atoms. The first-order chi connectivity index (χ1) is 8.63. The highest BCUT2D eigenvalue weighted by Crippen LogP contribution is 2.17. The first-order valence-electron chi connectivity index (χ1n) is 5.64.